The minimum atomic E-state index is -0.596. The number of para-hydroxylation sites is 1. The summed E-state index contributed by atoms with van der Waals surface area (Å²) in [5, 5.41) is 10.1. The number of carbonyl (C=O) groups is 1. The standard InChI is InChI=1S/C18H16N2O3/c1-12-7-6-8-13(2)16(12)17(22)20-15(21)11-19(18(20)23)14-9-4-3-5-10-14/h3-11,21H,1-2H3. The van der Waals surface area contributed by atoms with Gasteiger partial charge in [0.2, 0.25) is 5.88 Å². The van der Waals surface area contributed by atoms with Crippen molar-refractivity contribution in [2.75, 3.05) is 0 Å². The maximum absolute atomic E-state index is 12.8. The molecule has 0 amide bonds. The molecular weight excluding hydrogens is 292 g/mol. The van der Waals surface area contributed by atoms with Gasteiger partial charge in [0.05, 0.1) is 11.9 Å². The predicted molar refractivity (Wildman–Crippen MR) is 87.3 cm³/mol. The molecule has 0 atom stereocenters. The van der Waals surface area contributed by atoms with E-state index < -0.39 is 11.6 Å². The van der Waals surface area contributed by atoms with Crippen LogP contribution in [0.2, 0.25) is 0 Å². The van der Waals surface area contributed by atoms with E-state index in [9.17, 15) is 14.7 Å². The smallest absolute Gasteiger partial charge is 0.342 e. The van der Waals surface area contributed by atoms with E-state index in [4.69, 9.17) is 0 Å². The highest BCUT2D eigenvalue weighted by Crippen LogP contribution is 2.18. The van der Waals surface area contributed by atoms with Gasteiger partial charge < -0.3 is 5.11 Å². The second-order valence-electron chi connectivity index (χ2n) is 5.38. The van der Waals surface area contributed by atoms with Crippen LogP contribution in [0.5, 0.6) is 5.88 Å². The van der Waals surface area contributed by atoms with Crippen molar-refractivity contribution < 1.29 is 9.90 Å². The van der Waals surface area contributed by atoms with E-state index in [-0.39, 0.29) is 5.88 Å². The molecule has 0 saturated heterocycles. The van der Waals surface area contributed by atoms with Crippen molar-refractivity contribution in [3.63, 3.8) is 0 Å². The molecule has 1 aromatic heterocycles. The Morgan fingerprint density at radius 2 is 1.57 bits per heavy atom. The molecule has 0 aliphatic heterocycles. The highest BCUT2D eigenvalue weighted by Gasteiger charge is 2.21. The zero-order chi connectivity index (χ0) is 16.6. The van der Waals surface area contributed by atoms with Crippen LogP contribution in [0.3, 0.4) is 0 Å². The normalized spacial score (nSPS) is 10.7. The number of carbonyl (C=O) groups excluding carboxylic acids is 1. The minimum Gasteiger partial charge on any atom is -0.493 e. The summed E-state index contributed by atoms with van der Waals surface area (Å²) in [5.74, 6) is -0.913. The third-order valence-corrected chi connectivity index (χ3v) is 3.80. The number of rotatable bonds is 2. The van der Waals surface area contributed by atoms with Crippen molar-refractivity contribution in [3.05, 3.63) is 81.9 Å². The number of aromatic hydroxyl groups is 1. The van der Waals surface area contributed by atoms with Gasteiger partial charge in [0.15, 0.2) is 0 Å². The lowest BCUT2D eigenvalue weighted by atomic mass is 10.0. The van der Waals surface area contributed by atoms with Gasteiger partial charge in [-0.1, -0.05) is 36.4 Å². The molecule has 0 bridgehead atoms. The van der Waals surface area contributed by atoms with Crippen LogP contribution in [0.25, 0.3) is 5.69 Å². The average Bonchev–Trinajstić information content (AvgIpc) is 2.82. The Labute approximate surface area is 133 Å². The number of nitrogens with zero attached hydrogens (tertiary/aromatic N) is 2. The maximum Gasteiger partial charge on any atom is 0.342 e. The van der Waals surface area contributed by atoms with Crippen LogP contribution in [-0.4, -0.2) is 20.1 Å². The Balaban J connectivity index is 2.17. The number of hydrogen-bond donors (Lipinski definition) is 1. The van der Waals surface area contributed by atoms with Gasteiger partial charge in [-0.3, -0.25) is 9.36 Å². The fourth-order valence-corrected chi connectivity index (χ4v) is 2.66. The molecule has 2 aromatic carbocycles. The van der Waals surface area contributed by atoms with Gasteiger partial charge in [-0.25, -0.2) is 4.79 Å². The highest BCUT2D eigenvalue weighted by atomic mass is 16.3. The minimum absolute atomic E-state index is 0.383. The monoisotopic (exact) mass is 308 g/mol. The predicted octanol–water partition coefficient (Wildman–Crippen LogP) is 2.65. The van der Waals surface area contributed by atoms with Crippen molar-refractivity contribution in [1.82, 2.24) is 9.13 Å². The van der Waals surface area contributed by atoms with Gasteiger partial charge in [-0.2, -0.15) is 4.57 Å². The van der Waals surface area contributed by atoms with Gasteiger partial charge in [0.1, 0.15) is 0 Å². The first-order valence-corrected chi connectivity index (χ1v) is 7.20. The van der Waals surface area contributed by atoms with Gasteiger partial charge in [-0.05, 0) is 37.1 Å². The summed E-state index contributed by atoms with van der Waals surface area (Å²) >= 11 is 0. The lowest BCUT2D eigenvalue weighted by Gasteiger charge is -2.08. The Hall–Kier alpha value is -3.08. The molecule has 23 heavy (non-hydrogen) atoms. The van der Waals surface area contributed by atoms with Crippen molar-refractivity contribution in [2.45, 2.75) is 13.8 Å². The molecular formula is C18H16N2O3. The molecule has 0 saturated carbocycles. The van der Waals surface area contributed by atoms with E-state index in [0.717, 1.165) is 15.7 Å². The zero-order valence-electron chi connectivity index (χ0n) is 12.9. The molecule has 116 valence electrons. The summed E-state index contributed by atoms with van der Waals surface area (Å²) < 4.78 is 2.04. The van der Waals surface area contributed by atoms with E-state index in [1.54, 1.807) is 50.2 Å². The quantitative estimate of drug-likeness (QED) is 0.791. The number of hydrogen-bond acceptors (Lipinski definition) is 3. The molecule has 0 spiro atoms. The van der Waals surface area contributed by atoms with Gasteiger partial charge in [-0.15, -0.1) is 0 Å². The molecule has 1 heterocycles. The van der Waals surface area contributed by atoms with E-state index in [0.29, 0.717) is 11.3 Å². The van der Waals surface area contributed by atoms with Crippen LogP contribution in [0, 0.1) is 13.8 Å². The van der Waals surface area contributed by atoms with Gasteiger partial charge >= 0.3 is 5.69 Å². The number of benzene rings is 2. The first-order chi connectivity index (χ1) is 11.0. The molecule has 0 unspecified atom stereocenters. The summed E-state index contributed by atoms with van der Waals surface area (Å²) in [6.07, 6.45) is 1.25. The zero-order valence-corrected chi connectivity index (χ0v) is 12.9. The largest absolute Gasteiger partial charge is 0.493 e. The summed E-state index contributed by atoms with van der Waals surface area (Å²) in [6.45, 7) is 3.60. The summed E-state index contributed by atoms with van der Waals surface area (Å²) in [4.78, 5) is 25.3. The molecule has 0 aliphatic carbocycles. The lowest BCUT2D eigenvalue weighted by molar-refractivity contribution is 0.0946. The Kier molecular flexibility index (Phi) is 3.62. The van der Waals surface area contributed by atoms with E-state index in [1.165, 1.54) is 10.8 Å². The topological polar surface area (TPSA) is 64.2 Å². The first-order valence-electron chi connectivity index (χ1n) is 7.20. The van der Waals surface area contributed by atoms with Crippen LogP contribution in [0.1, 0.15) is 21.5 Å². The molecule has 3 rings (SSSR count). The van der Waals surface area contributed by atoms with Crippen LogP contribution in [0.4, 0.5) is 0 Å². The van der Waals surface area contributed by atoms with E-state index >= 15 is 0 Å². The highest BCUT2D eigenvalue weighted by molar-refractivity contribution is 5.99. The molecule has 3 aromatic rings. The second kappa shape index (κ2) is 5.61. The SMILES string of the molecule is Cc1cccc(C)c1C(=O)n1c(O)cn(-c2ccccc2)c1=O. The Bertz CT molecular complexity index is 916. The average molecular weight is 308 g/mol. The number of aromatic nitrogens is 2. The Morgan fingerprint density at radius 1 is 0.957 bits per heavy atom. The van der Waals surface area contributed by atoms with E-state index in [1.807, 2.05) is 12.1 Å². The molecule has 0 aliphatic rings. The van der Waals surface area contributed by atoms with Crippen LogP contribution in [-0.2, 0) is 0 Å². The van der Waals surface area contributed by atoms with Gasteiger partial charge in [0, 0.05) is 5.56 Å². The second-order valence-corrected chi connectivity index (χ2v) is 5.38. The van der Waals surface area contributed by atoms with Crippen molar-refractivity contribution in [1.29, 1.82) is 0 Å². The first kappa shape index (κ1) is 14.8. The summed E-state index contributed by atoms with van der Waals surface area (Å²) in [5.41, 5.74) is 1.93. The maximum atomic E-state index is 12.8. The van der Waals surface area contributed by atoms with Crippen LogP contribution in [0.15, 0.2) is 59.5 Å². The molecule has 0 radical (unpaired) electrons. The molecule has 1 N–H and O–H groups in total. The third-order valence-electron chi connectivity index (χ3n) is 3.80. The molecule has 5 nitrogen and oxygen atoms in total. The fourth-order valence-electron chi connectivity index (χ4n) is 2.66. The van der Waals surface area contributed by atoms with Crippen LogP contribution >= 0.6 is 0 Å². The number of aryl methyl sites for hydroxylation is 2. The van der Waals surface area contributed by atoms with Crippen molar-refractivity contribution in [2.24, 2.45) is 0 Å². The number of imidazole rings is 1. The van der Waals surface area contributed by atoms with Crippen molar-refractivity contribution >= 4 is 5.91 Å². The van der Waals surface area contributed by atoms with Gasteiger partial charge in [0.25, 0.3) is 5.91 Å². The Morgan fingerprint density at radius 3 is 2.17 bits per heavy atom. The van der Waals surface area contributed by atoms with Crippen LogP contribution < -0.4 is 5.69 Å². The summed E-state index contributed by atoms with van der Waals surface area (Å²) in [7, 11) is 0. The summed E-state index contributed by atoms with van der Waals surface area (Å²) in [6, 6.07) is 14.3. The lowest BCUT2D eigenvalue weighted by Crippen LogP contribution is -2.29. The van der Waals surface area contributed by atoms with E-state index in [2.05, 4.69) is 0 Å². The van der Waals surface area contributed by atoms with Crippen molar-refractivity contribution in [3.8, 4) is 11.6 Å². The molecule has 5 heteroatoms. The fraction of sp³-hybridized carbons (Fsp3) is 0.111. The molecule has 0 fully saturated rings. The third kappa shape index (κ3) is 2.46.